The lowest BCUT2D eigenvalue weighted by atomic mass is 9.78. The Morgan fingerprint density at radius 1 is 1.27 bits per heavy atom. The molecule has 1 aromatic heterocycles. The number of amides is 1. The molecular weight excluding hydrogens is 330 g/mol. The fourth-order valence-corrected chi connectivity index (χ4v) is 3.54. The van der Waals surface area contributed by atoms with Crippen LogP contribution in [0.4, 0.5) is 5.82 Å². The lowest BCUT2D eigenvalue weighted by Crippen LogP contribution is -2.47. The van der Waals surface area contributed by atoms with Gasteiger partial charge in [0.25, 0.3) is 5.91 Å². The predicted molar refractivity (Wildman–Crippen MR) is 100 cm³/mol. The van der Waals surface area contributed by atoms with Crippen LogP contribution in [-0.4, -0.2) is 42.3 Å². The van der Waals surface area contributed by atoms with Crippen molar-refractivity contribution in [2.75, 3.05) is 31.2 Å². The third kappa shape index (κ3) is 4.14. The van der Waals surface area contributed by atoms with Crippen LogP contribution in [0, 0.1) is 5.41 Å². The fourth-order valence-electron chi connectivity index (χ4n) is 3.54. The van der Waals surface area contributed by atoms with E-state index in [9.17, 15) is 9.90 Å². The SMILES string of the molecule is NC(=O)c1cccnc1N1CCC[C@](CO)(CCOc2ccccc2)C1. The van der Waals surface area contributed by atoms with E-state index in [1.54, 1.807) is 18.3 Å². The highest BCUT2D eigenvalue weighted by atomic mass is 16.5. The number of primary amides is 1. The van der Waals surface area contributed by atoms with Gasteiger partial charge in [0.1, 0.15) is 11.6 Å². The second-order valence-corrected chi connectivity index (χ2v) is 6.83. The highest BCUT2D eigenvalue weighted by Gasteiger charge is 2.36. The van der Waals surface area contributed by atoms with E-state index in [1.807, 2.05) is 30.3 Å². The quantitative estimate of drug-likeness (QED) is 0.795. The van der Waals surface area contributed by atoms with Crippen LogP contribution in [0.3, 0.4) is 0 Å². The number of carbonyl (C=O) groups excluding carboxylic acids is 1. The third-order valence-electron chi connectivity index (χ3n) is 4.99. The van der Waals surface area contributed by atoms with Crippen LogP contribution in [0.25, 0.3) is 0 Å². The maximum Gasteiger partial charge on any atom is 0.252 e. The first-order valence-electron chi connectivity index (χ1n) is 8.92. The average molecular weight is 355 g/mol. The molecule has 0 saturated carbocycles. The number of pyridine rings is 1. The molecule has 6 nitrogen and oxygen atoms in total. The first-order chi connectivity index (χ1) is 12.6. The summed E-state index contributed by atoms with van der Waals surface area (Å²) in [6, 6.07) is 13.1. The molecule has 1 aliphatic rings. The van der Waals surface area contributed by atoms with Gasteiger partial charge in [-0.05, 0) is 43.5 Å². The number of piperidine rings is 1. The van der Waals surface area contributed by atoms with Crippen LogP contribution < -0.4 is 15.4 Å². The maximum absolute atomic E-state index is 11.7. The molecule has 138 valence electrons. The number of aliphatic hydroxyl groups is 1. The molecular formula is C20H25N3O3. The van der Waals surface area contributed by atoms with Gasteiger partial charge in [0.15, 0.2) is 0 Å². The van der Waals surface area contributed by atoms with Gasteiger partial charge in [-0.3, -0.25) is 4.79 Å². The molecule has 1 amide bonds. The minimum Gasteiger partial charge on any atom is -0.494 e. The molecule has 6 heteroatoms. The Morgan fingerprint density at radius 3 is 2.81 bits per heavy atom. The molecule has 0 unspecified atom stereocenters. The molecule has 0 bridgehead atoms. The second-order valence-electron chi connectivity index (χ2n) is 6.83. The smallest absolute Gasteiger partial charge is 0.252 e. The lowest BCUT2D eigenvalue weighted by Gasteiger charge is -2.42. The molecule has 2 aromatic rings. The van der Waals surface area contributed by atoms with Crippen LogP contribution in [0.5, 0.6) is 5.75 Å². The monoisotopic (exact) mass is 355 g/mol. The zero-order valence-corrected chi connectivity index (χ0v) is 14.8. The molecule has 1 fully saturated rings. The second kappa shape index (κ2) is 8.19. The highest BCUT2D eigenvalue weighted by molar-refractivity contribution is 5.97. The molecule has 1 aliphatic heterocycles. The number of carbonyl (C=O) groups is 1. The maximum atomic E-state index is 11.7. The van der Waals surface area contributed by atoms with Gasteiger partial charge in [0.05, 0.1) is 18.8 Å². The molecule has 3 N–H and O–H groups in total. The number of rotatable bonds is 7. The van der Waals surface area contributed by atoms with E-state index < -0.39 is 5.91 Å². The van der Waals surface area contributed by atoms with Crippen molar-refractivity contribution in [1.82, 2.24) is 4.98 Å². The van der Waals surface area contributed by atoms with Crippen LogP contribution in [0.1, 0.15) is 29.6 Å². The summed E-state index contributed by atoms with van der Waals surface area (Å²) < 4.78 is 5.82. The summed E-state index contributed by atoms with van der Waals surface area (Å²) in [7, 11) is 0. The summed E-state index contributed by atoms with van der Waals surface area (Å²) in [5, 5.41) is 10.1. The molecule has 26 heavy (non-hydrogen) atoms. The molecule has 0 spiro atoms. The van der Waals surface area contributed by atoms with E-state index in [2.05, 4.69) is 9.88 Å². The number of anilines is 1. The standard InChI is InChI=1S/C20H25N3O3/c21-18(25)17-8-4-11-22-19(17)23-12-5-9-20(14-23,15-24)10-13-26-16-6-2-1-3-7-16/h1-4,6-8,11,24H,5,9-10,12-15H2,(H2,21,25)/t20-/m0/s1. The van der Waals surface area contributed by atoms with Crippen molar-refractivity contribution >= 4 is 11.7 Å². The largest absolute Gasteiger partial charge is 0.494 e. The van der Waals surface area contributed by atoms with Crippen molar-refractivity contribution in [3.63, 3.8) is 0 Å². The molecule has 2 heterocycles. The van der Waals surface area contributed by atoms with E-state index >= 15 is 0 Å². The average Bonchev–Trinajstić information content (AvgIpc) is 2.69. The normalized spacial score (nSPS) is 20.0. The van der Waals surface area contributed by atoms with Crippen molar-refractivity contribution in [3.05, 3.63) is 54.2 Å². The van der Waals surface area contributed by atoms with E-state index in [4.69, 9.17) is 10.5 Å². The fraction of sp³-hybridized carbons (Fsp3) is 0.400. The van der Waals surface area contributed by atoms with Crippen LogP contribution in [0.2, 0.25) is 0 Å². The minimum atomic E-state index is -0.485. The number of para-hydroxylation sites is 1. The highest BCUT2D eigenvalue weighted by Crippen LogP contribution is 2.35. The van der Waals surface area contributed by atoms with Crippen molar-refractivity contribution in [1.29, 1.82) is 0 Å². The van der Waals surface area contributed by atoms with Gasteiger partial charge in [0.2, 0.25) is 0 Å². The zero-order chi connectivity index (χ0) is 18.4. The zero-order valence-electron chi connectivity index (χ0n) is 14.8. The minimum absolute atomic E-state index is 0.0698. The number of hydrogen-bond donors (Lipinski definition) is 2. The summed E-state index contributed by atoms with van der Waals surface area (Å²) in [5.74, 6) is 0.941. The number of hydrogen-bond acceptors (Lipinski definition) is 5. The number of ether oxygens (including phenoxy) is 1. The Morgan fingerprint density at radius 2 is 2.08 bits per heavy atom. The van der Waals surface area contributed by atoms with Crippen molar-refractivity contribution in [2.45, 2.75) is 19.3 Å². The van der Waals surface area contributed by atoms with Crippen LogP contribution in [0.15, 0.2) is 48.7 Å². The number of nitrogens with zero attached hydrogens (tertiary/aromatic N) is 2. The number of nitrogens with two attached hydrogens (primary N) is 1. The van der Waals surface area contributed by atoms with Gasteiger partial charge < -0.3 is 20.5 Å². The van der Waals surface area contributed by atoms with Crippen molar-refractivity contribution in [3.8, 4) is 5.75 Å². The lowest BCUT2D eigenvalue weighted by molar-refractivity contribution is 0.0790. The Balaban J connectivity index is 1.69. The van der Waals surface area contributed by atoms with E-state index in [0.717, 1.165) is 31.6 Å². The number of aromatic nitrogens is 1. The first-order valence-corrected chi connectivity index (χ1v) is 8.92. The van der Waals surface area contributed by atoms with Crippen molar-refractivity contribution in [2.24, 2.45) is 11.1 Å². The summed E-state index contributed by atoms with van der Waals surface area (Å²) in [4.78, 5) is 18.1. The van der Waals surface area contributed by atoms with Crippen LogP contribution >= 0.6 is 0 Å². The number of aliphatic hydroxyl groups excluding tert-OH is 1. The molecule has 1 saturated heterocycles. The molecule has 1 aromatic carbocycles. The van der Waals surface area contributed by atoms with Gasteiger partial charge in [-0.2, -0.15) is 0 Å². The first kappa shape index (κ1) is 18.2. The van der Waals surface area contributed by atoms with E-state index in [-0.39, 0.29) is 12.0 Å². The summed E-state index contributed by atoms with van der Waals surface area (Å²) in [6.45, 7) is 2.02. The molecule has 1 atom stereocenters. The molecule has 0 radical (unpaired) electrons. The van der Waals surface area contributed by atoms with Gasteiger partial charge in [-0.25, -0.2) is 4.98 Å². The van der Waals surface area contributed by atoms with Crippen molar-refractivity contribution < 1.29 is 14.6 Å². The Kier molecular flexibility index (Phi) is 5.73. The summed E-state index contributed by atoms with van der Waals surface area (Å²) >= 11 is 0. The molecule has 0 aliphatic carbocycles. The van der Waals surface area contributed by atoms with Gasteiger partial charge in [0, 0.05) is 24.7 Å². The third-order valence-corrected chi connectivity index (χ3v) is 4.99. The van der Waals surface area contributed by atoms with Gasteiger partial charge in [-0.15, -0.1) is 0 Å². The Labute approximate surface area is 153 Å². The summed E-state index contributed by atoms with van der Waals surface area (Å²) in [5.41, 5.74) is 5.63. The van der Waals surface area contributed by atoms with E-state index in [1.165, 1.54) is 0 Å². The van der Waals surface area contributed by atoms with E-state index in [0.29, 0.717) is 24.5 Å². The Hall–Kier alpha value is -2.60. The van der Waals surface area contributed by atoms with Gasteiger partial charge in [-0.1, -0.05) is 18.2 Å². The summed E-state index contributed by atoms with van der Waals surface area (Å²) in [6.07, 6.45) is 4.22. The van der Waals surface area contributed by atoms with Crippen LogP contribution in [-0.2, 0) is 0 Å². The predicted octanol–water partition coefficient (Wildman–Crippen LogP) is 2.23. The topological polar surface area (TPSA) is 88.7 Å². The Bertz CT molecular complexity index is 738. The molecule has 3 rings (SSSR count). The number of benzene rings is 1. The van der Waals surface area contributed by atoms with Gasteiger partial charge >= 0.3 is 0 Å².